The van der Waals surface area contributed by atoms with Gasteiger partial charge in [0.1, 0.15) is 0 Å². The quantitative estimate of drug-likeness (QED) is 0.603. The maximum atomic E-state index is 12.9. The van der Waals surface area contributed by atoms with Crippen LogP contribution in [0.3, 0.4) is 0 Å². The first kappa shape index (κ1) is 24.7. The predicted molar refractivity (Wildman–Crippen MR) is 121 cm³/mol. The topological polar surface area (TPSA) is 84.9 Å². The van der Waals surface area contributed by atoms with Crippen LogP contribution in [0, 0.1) is 0 Å². The number of rotatable bonds is 10. The van der Waals surface area contributed by atoms with Gasteiger partial charge in [-0.05, 0) is 36.5 Å². The van der Waals surface area contributed by atoms with E-state index in [-0.39, 0.29) is 28.8 Å². The maximum absolute atomic E-state index is 12.9. The number of carbonyl (C=O) groups excluding carboxylic acids is 1. The third-order valence-electron chi connectivity index (χ3n) is 5.21. The molecule has 0 spiro atoms. The Kier molecular flexibility index (Phi) is 8.08. The number of hydrogen-bond acceptors (Lipinski definition) is 5. The first-order chi connectivity index (χ1) is 14.5. The number of methoxy groups -OCH3 is 2. The summed E-state index contributed by atoms with van der Waals surface area (Å²) in [4.78, 5) is 12.6. The smallest absolute Gasteiger partial charge is 0.243 e. The molecule has 1 amide bonds. The molecule has 1 unspecified atom stereocenters. The van der Waals surface area contributed by atoms with E-state index >= 15 is 0 Å². The maximum Gasteiger partial charge on any atom is 0.243 e. The largest absolute Gasteiger partial charge is 0.493 e. The van der Waals surface area contributed by atoms with Crippen LogP contribution in [-0.2, 0) is 20.2 Å². The molecule has 0 aromatic heterocycles. The second-order valence-corrected chi connectivity index (χ2v) is 10.2. The fourth-order valence-electron chi connectivity index (χ4n) is 3.59. The van der Waals surface area contributed by atoms with Crippen LogP contribution in [0.5, 0.6) is 11.5 Å². The average Bonchev–Trinajstić information content (AvgIpc) is 2.73. The van der Waals surface area contributed by atoms with Gasteiger partial charge in [-0.25, -0.2) is 8.42 Å². The van der Waals surface area contributed by atoms with Crippen molar-refractivity contribution in [2.75, 3.05) is 27.8 Å². The van der Waals surface area contributed by atoms with Crippen LogP contribution in [0.25, 0.3) is 0 Å². The molecule has 8 heteroatoms. The molecule has 0 fully saturated rings. The number of sulfonamides is 1. The van der Waals surface area contributed by atoms with Crippen molar-refractivity contribution >= 4 is 15.9 Å². The van der Waals surface area contributed by atoms with Crippen molar-refractivity contribution in [3.8, 4) is 11.5 Å². The molecule has 0 aliphatic heterocycles. The molecule has 0 aliphatic carbocycles. The Morgan fingerprint density at radius 3 is 2.26 bits per heavy atom. The molecular weight excluding hydrogens is 416 g/mol. The minimum Gasteiger partial charge on any atom is -0.493 e. The van der Waals surface area contributed by atoms with Crippen molar-refractivity contribution in [3.63, 3.8) is 0 Å². The van der Waals surface area contributed by atoms with Crippen molar-refractivity contribution in [2.24, 2.45) is 0 Å². The zero-order chi connectivity index (χ0) is 23.2. The SMILES string of the molecule is COc1ccc(S(=O)(=O)N(C)CC(=O)NC(C)CC(C)(C)c2ccccc2)cc1OC. The van der Waals surface area contributed by atoms with E-state index in [1.807, 2.05) is 25.1 Å². The lowest BCUT2D eigenvalue weighted by molar-refractivity contribution is -0.121. The number of hydrogen-bond donors (Lipinski definition) is 1. The average molecular weight is 449 g/mol. The highest BCUT2D eigenvalue weighted by Gasteiger charge is 2.27. The Labute approximate surface area is 185 Å². The summed E-state index contributed by atoms with van der Waals surface area (Å²) in [6, 6.07) is 14.3. The Morgan fingerprint density at radius 2 is 1.68 bits per heavy atom. The van der Waals surface area contributed by atoms with Crippen LogP contribution >= 0.6 is 0 Å². The van der Waals surface area contributed by atoms with Gasteiger partial charge in [-0.1, -0.05) is 44.2 Å². The van der Waals surface area contributed by atoms with Gasteiger partial charge in [0.2, 0.25) is 15.9 Å². The van der Waals surface area contributed by atoms with Gasteiger partial charge in [0.05, 0.1) is 25.7 Å². The van der Waals surface area contributed by atoms with E-state index in [1.165, 1.54) is 45.0 Å². The van der Waals surface area contributed by atoms with Gasteiger partial charge in [-0.3, -0.25) is 4.79 Å². The fraction of sp³-hybridized carbons (Fsp3) is 0.435. The summed E-state index contributed by atoms with van der Waals surface area (Å²) < 4.78 is 37.1. The van der Waals surface area contributed by atoms with Crippen LogP contribution in [0.2, 0.25) is 0 Å². The molecule has 170 valence electrons. The zero-order valence-electron chi connectivity index (χ0n) is 19.0. The lowest BCUT2D eigenvalue weighted by Crippen LogP contribution is -2.43. The molecular formula is C23H32N2O5S. The van der Waals surface area contributed by atoms with E-state index in [9.17, 15) is 13.2 Å². The predicted octanol–water partition coefficient (Wildman–Crippen LogP) is 3.20. The number of benzene rings is 2. The Balaban J connectivity index is 2.02. The van der Waals surface area contributed by atoms with E-state index in [2.05, 4.69) is 31.3 Å². The Morgan fingerprint density at radius 1 is 1.06 bits per heavy atom. The minimum absolute atomic E-state index is 0.0266. The number of nitrogens with one attached hydrogen (secondary N) is 1. The monoisotopic (exact) mass is 448 g/mol. The number of ether oxygens (including phenoxy) is 2. The lowest BCUT2D eigenvalue weighted by atomic mass is 9.79. The normalized spacial score (nSPS) is 13.0. The van der Waals surface area contributed by atoms with Crippen molar-refractivity contribution in [2.45, 2.75) is 43.5 Å². The van der Waals surface area contributed by atoms with Crippen LogP contribution in [0.15, 0.2) is 53.4 Å². The molecule has 0 radical (unpaired) electrons. The molecule has 1 N–H and O–H groups in total. The van der Waals surface area contributed by atoms with E-state index < -0.39 is 10.0 Å². The summed E-state index contributed by atoms with van der Waals surface area (Å²) in [5.41, 5.74) is 1.05. The highest BCUT2D eigenvalue weighted by atomic mass is 32.2. The summed E-state index contributed by atoms with van der Waals surface area (Å²) in [7, 11) is 0.420. The summed E-state index contributed by atoms with van der Waals surface area (Å²) in [5.74, 6) is 0.373. The Bertz CT molecular complexity index is 990. The number of carbonyl (C=O) groups is 1. The molecule has 0 heterocycles. The summed E-state index contributed by atoms with van der Waals surface area (Å²) in [6.45, 7) is 5.88. The van der Waals surface area contributed by atoms with Crippen LogP contribution in [-0.4, -0.2) is 52.5 Å². The van der Waals surface area contributed by atoms with E-state index in [0.29, 0.717) is 11.5 Å². The van der Waals surface area contributed by atoms with Crippen molar-refractivity contribution in [3.05, 3.63) is 54.1 Å². The van der Waals surface area contributed by atoms with Crippen LogP contribution < -0.4 is 14.8 Å². The summed E-state index contributed by atoms with van der Waals surface area (Å²) in [5, 5.41) is 2.91. The molecule has 7 nitrogen and oxygen atoms in total. The molecule has 0 bridgehead atoms. The van der Waals surface area contributed by atoms with Gasteiger partial charge in [0, 0.05) is 19.2 Å². The van der Waals surface area contributed by atoms with Crippen molar-refractivity contribution < 1.29 is 22.7 Å². The first-order valence-corrected chi connectivity index (χ1v) is 11.5. The zero-order valence-corrected chi connectivity index (χ0v) is 19.8. The number of nitrogens with zero attached hydrogens (tertiary/aromatic N) is 1. The van der Waals surface area contributed by atoms with Crippen LogP contribution in [0.1, 0.15) is 32.8 Å². The van der Waals surface area contributed by atoms with E-state index in [4.69, 9.17) is 9.47 Å². The highest BCUT2D eigenvalue weighted by molar-refractivity contribution is 7.89. The first-order valence-electron chi connectivity index (χ1n) is 10.0. The Hall–Kier alpha value is -2.58. The van der Waals surface area contributed by atoms with Crippen molar-refractivity contribution in [1.29, 1.82) is 0 Å². The molecule has 1 atom stereocenters. The van der Waals surface area contributed by atoms with E-state index in [1.54, 1.807) is 0 Å². The lowest BCUT2D eigenvalue weighted by Gasteiger charge is -2.29. The third-order valence-corrected chi connectivity index (χ3v) is 7.01. The molecule has 2 rings (SSSR count). The summed E-state index contributed by atoms with van der Waals surface area (Å²) in [6.07, 6.45) is 0.717. The van der Waals surface area contributed by atoms with E-state index in [0.717, 1.165) is 10.7 Å². The molecule has 31 heavy (non-hydrogen) atoms. The summed E-state index contributed by atoms with van der Waals surface area (Å²) >= 11 is 0. The molecule has 2 aromatic rings. The van der Waals surface area contributed by atoms with Gasteiger partial charge >= 0.3 is 0 Å². The van der Waals surface area contributed by atoms with Gasteiger partial charge < -0.3 is 14.8 Å². The molecule has 0 saturated carbocycles. The molecule has 0 saturated heterocycles. The molecule has 2 aromatic carbocycles. The molecule has 0 aliphatic rings. The fourth-order valence-corrected chi connectivity index (χ4v) is 4.73. The van der Waals surface area contributed by atoms with Crippen molar-refractivity contribution in [1.82, 2.24) is 9.62 Å². The number of likely N-dealkylation sites (N-methyl/N-ethyl adjacent to an activating group) is 1. The van der Waals surface area contributed by atoms with Gasteiger partial charge in [-0.15, -0.1) is 0 Å². The second kappa shape index (κ2) is 10.2. The van der Waals surface area contributed by atoms with Gasteiger partial charge in [0.25, 0.3) is 0 Å². The highest BCUT2D eigenvalue weighted by Crippen LogP contribution is 2.30. The number of amides is 1. The van der Waals surface area contributed by atoms with Gasteiger partial charge in [0.15, 0.2) is 11.5 Å². The minimum atomic E-state index is -3.87. The van der Waals surface area contributed by atoms with Gasteiger partial charge in [-0.2, -0.15) is 4.31 Å². The second-order valence-electron chi connectivity index (χ2n) is 8.20. The van der Waals surface area contributed by atoms with Crippen LogP contribution in [0.4, 0.5) is 0 Å². The third kappa shape index (κ3) is 6.21. The standard InChI is InChI=1S/C23H32N2O5S/c1-17(15-23(2,3)18-10-8-7-9-11-18)24-22(26)16-25(4)31(27,28)19-12-13-20(29-5)21(14-19)30-6/h7-14,17H,15-16H2,1-6H3,(H,24,26).